The van der Waals surface area contributed by atoms with Crippen LogP contribution < -0.4 is 10.5 Å². The lowest BCUT2D eigenvalue weighted by Gasteiger charge is -2.00. The van der Waals surface area contributed by atoms with Gasteiger partial charge in [0.15, 0.2) is 0 Å². The Morgan fingerprint density at radius 2 is 1.87 bits per heavy atom. The van der Waals surface area contributed by atoms with Crippen LogP contribution in [0.2, 0.25) is 0 Å². The molecule has 4 heteroatoms. The van der Waals surface area contributed by atoms with Gasteiger partial charge in [-0.25, -0.2) is 0 Å². The van der Waals surface area contributed by atoms with E-state index in [0.29, 0.717) is 5.75 Å². The van der Waals surface area contributed by atoms with Crippen LogP contribution in [-0.4, -0.2) is 11.9 Å². The van der Waals surface area contributed by atoms with E-state index in [-0.39, 0.29) is 5.97 Å². The first kappa shape index (κ1) is 11.0. The number of primary amides is 1. The number of hydrogen-bond acceptors (Lipinski definition) is 3. The van der Waals surface area contributed by atoms with E-state index in [1.807, 2.05) is 0 Å². The van der Waals surface area contributed by atoms with Crippen molar-refractivity contribution in [3.05, 3.63) is 35.9 Å². The second kappa shape index (κ2) is 4.95. The van der Waals surface area contributed by atoms with Crippen molar-refractivity contribution in [2.75, 3.05) is 0 Å². The van der Waals surface area contributed by atoms with Crippen LogP contribution in [0.3, 0.4) is 0 Å². The van der Waals surface area contributed by atoms with Gasteiger partial charge in [0.05, 0.1) is 0 Å². The van der Waals surface area contributed by atoms with Gasteiger partial charge in [-0.2, -0.15) is 0 Å². The van der Waals surface area contributed by atoms with E-state index in [2.05, 4.69) is 0 Å². The predicted octanol–water partition coefficient (Wildman–Crippen LogP) is 1.11. The summed E-state index contributed by atoms with van der Waals surface area (Å²) in [5.41, 5.74) is 5.75. The Kier molecular flexibility index (Phi) is 3.62. The number of hydrogen-bond donors (Lipinski definition) is 1. The average molecular weight is 205 g/mol. The summed E-state index contributed by atoms with van der Waals surface area (Å²) in [6, 6.07) is 6.72. The maximum Gasteiger partial charge on any atom is 0.308 e. The van der Waals surface area contributed by atoms with E-state index in [4.69, 9.17) is 10.5 Å². The smallest absolute Gasteiger partial charge is 0.308 e. The van der Waals surface area contributed by atoms with Gasteiger partial charge in [0.2, 0.25) is 5.91 Å². The second-order valence-electron chi connectivity index (χ2n) is 2.90. The Hall–Kier alpha value is -2.10. The minimum absolute atomic E-state index is 0.365. The highest BCUT2D eigenvalue weighted by atomic mass is 16.5. The fourth-order valence-electron chi connectivity index (χ4n) is 0.991. The van der Waals surface area contributed by atoms with Crippen molar-refractivity contribution >= 4 is 18.0 Å². The van der Waals surface area contributed by atoms with Gasteiger partial charge in [-0.05, 0) is 23.8 Å². The Bertz CT molecular complexity index is 393. The van der Waals surface area contributed by atoms with Gasteiger partial charge >= 0.3 is 5.97 Å². The number of esters is 1. The predicted molar refractivity (Wildman–Crippen MR) is 56.0 cm³/mol. The van der Waals surface area contributed by atoms with Gasteiger partial charge in [-0.1, -0.05) is 12.1 Å². The van der Waals surface area contributed by atoms with Crippen molar-refractivity contribution in [1.82, 2.24) is 0 Å². The summed E-state index contributed by atoms with van der Waals surface area (Å²) in [5.74, 6) is -0.395. The summed E-state index contributed by atoms with van der Waals surface area (Å²) >= 11 is 0. The zero-order valence-electron chi connectivity index (χ0n) is 8.27. The molecule has 15 heavy (non-hydrogen) atoms. The summed E-state index contributed by atoms with van der Waals surface area (Å²) < 4.78 is 4.84. The standard InChI is InChI=1S/C11H11NO3/c1-8(13)15-10-5-2-9(3-6-10)4-7-11(12)14/h2-7H,1H3,(H2,12,14). The fourth-order valence-corrected chi connectivity index (χ4v) is 0.991. The number of ether oxygens (including phenoxy) is 1. The van der Waals surface area contributed by atoms with Gasteiger partial charge in [-0.3, -0.25) is 9.59 Å². The Morgan fingerprint density at radius 1 is 1.27 bits per heavy atom. The third-order valence-corrected chi connectivity index (χ3v) is 1.58. The molecule has 0 aliphatic heterocycles. The molecule has 0 aliphatic carbocycles. The monoisotopic (exact) mass is 205 g/mol. The molecule has 0 aromatic heterocycles. The molecule has 2 N–H and O–H groups in total. The van der Waals surface area contributed by atoms with Crippen LogP contribution in [0.15, 0.2) is 30.3 Å². The van der Waals surface area contributed by atoms with Crippen molar-refractivity contribution in [2.45, 2.75) is 6.92 Å². The minimum Gasteiger partial charge on any atom is -0.427 e. The van der Waals surface area contributed by atoms with E-state index < -0.39 is 5.91 Å². The summed E-state index contributed by atoms with van der Waals surface area (Å²) in [4.78, 5) is 21.1. The van der Waals surface area contributed by atoms with E-state index in [1.54, 1.807) is 30.3 Å². The van der Waals surface area contributed by atoms with Gasteiger partial charge in [0.25, 0.3) is 0 Å². The van der Waals surface area contributed by atoms with Crippen LogP contribution >= 0.6 is 0 Å². The number of carbonyl (C=O) groups excluding carboxylic acids is 2. The van der Waals surface area contributed by atoms with Crippen molar-refractivity contribution in [3.8, 4) is 5.75 Å². The van der Waals surface area contributed by atoms with Gasteiger partial charge in [0, 0.05) is 13.0 Å². The van der Waals surface area contributed by atoms with E-state index in [0.717, 1.165) is 5.56 Å². The first-order chi connectivity index (χ1) is 7.08. The SMILES string of the molecule is CC(=O)Oc1ccc(C=CC(N)=O)cc1. The van der Waals surface area contributed by atoms with Crippen molar-refractivity contribution in [1.29, 1.82) is 0 Å². The highest BCUT2D eigenvalue weighted by molar-refractivity contribution is 5.90. The van der Waals surface area contributed by atoms with Crippen molar-refractivity contribution < 1.29 is 14.3 Å². The molecule has 0 fully saturated rings. The third kappa shape index (κ3) is 4.08. The number of rotatable bonds is 3. The first-order valence-corrected chi connectivity index (χ1v) is 4.34. The molecule has 1 aromatic rings. The molecule has 0 spiro atoms. The number of benzene rings is 1. The molecule has 78 valence electrons. The number of nitrogens with two attached hydrogens (primary N) is 1. The van der Waals surface area contributed by atoms with Crippen molar-refractivity contribution in [2.24, 2.45) is 5.73 Å². The quantitative estimate of drug-likeness (QED) is 0.456. The largest absolute Gasteiger partial charge is 0.427 e. The topological polar surface area (TPSA) is 69.4 Å². The van der Waals surface area contributed by atoms with Crippen LogP contribution in [-0.2, 0) is 9.59 Å². The lowest BCUT2D eigenvalue weighted by atomic mass is 10.2. The summed E-state index contributed by atoms with van der Waals surface area (Å²) in [5, 5.41) is 0. The second-order valence-corrected chi connectivity index (χ2v) is 2.90. The maximum atomic E-state index is 10.6. The molecule has 0 unspecified atom stereocenters. The van der Waals surface area contributed by atoms with Crippen LogP contribution in [0, 0.1) is 0 Å². The highest BCUT2D eigenvalue weighted by Crippen LogP contribution is 2.13. The lowest BCUT2D eigenvalue weighted by molar-refractivity contribution is -0.131. The molecule has 1 amide bonds. The molecule has 0 atom stereocenters. The summed E-state index contributed by atoms with van der Waals surface area (Å²) in [6.07, 6.45) is 2.85. The number of amides is 1. The van der Waals surface area contributed by atoms with Crippen LogP contribution in [0.25, 0.3) is 6.08 Å². The molecule has 0 radical (unpaired) electrons. The molecular formula is C11H11NO3. The molecule has 0 aliphatic rings. The fraction of sp³-hybridized carbons (Fsp3) is 0.0909. The molecule has 0 saturated heterocycles. The molecule has 1 aromatic carbocycles. The van der Waals surface area contributed by atoms with Gasteiger partial charge in [-0.15, -0.1) is 0 Å². The lowest BCUT2D eigenvalue weighted by Crippen LogP contribution is -2.05. The molecular weight excluding hydrogens is 194 g/mol. The molecule has 1 rings (SSSR count). The van der Waals surface area contributed by atoms with Gasteiger partial charge < -0.3 is 10.5 Å². The normalized spacial score (nSPS) is 10.2. The highest BCUT2D eigenvalue weighted by Gasteiger charge is 1.96. The summed E-state index contributed by atoms with van der Waals surface area (Å²) in [7, 11) is 0. The Morgan fingerprint density at radius 3 is 2.33 bits per heavy atom. The molecule has 4 nitrogen and oxygen atoms in total. The number of carbonyl (C=O) groups is 2. The zero-order valence-corrected chi connectivity index (χ0v) is 8.27. The molecule has 0 bridgehead atoms. The van der Waals surface area contributed by atoms with E-state index in [9.17, 15) is 9.59 Å². The Labute approximate surface area is 87.3 Å². The maximum absolute atomic E-state index is 10.6. The summed E-state index contributed by atoms with van der Waals surface area (Å²) in [6.45, 7) is 1.33. The molecule has 0 heterocycles. The third-order valence-electron chi connectivity index (χ3n) is 1.58. The molecule has 0 saturated carbocycles. The van der Waals surface area contributed by atoms with E-state index >= 15 is 0 Å². The van der Waals surface area contributed by atoms with Crippen LogP contribution in [0.5, 0.6) is 5.75 Å². The van der Waals surface area contributed by atoms with Gasteiger partial charge in [0.1, 0.15) is 5.75 Å². The first-order valence-electron chi connectivity index (χ1n) is 4.34. The van der Waals surface area contributed by atoms with Crippen LogP contribution in [0.1, 0.15) is 12.5 Å². The van der Waals surface area contributed by atoms with Crippen molar-refractivity contribution in [3.63, 3.8) is 0 Å². The van der Waals surface area contributed by atoms with E-state index in [1.165, 1.54) is 13.0 Å². The Balaban J connectivity index is 2.72. The zero-order chi connectivity index (χ0) is 11.3. The minimum atomic E-state index is -0.501. The van der Waals surface area contributed by atoms with Crippen LogP contribution in [0.4, 0.5) is 0 Å². The average Bonchev–Trinajstić information content (AvgIpc) is 2.16.